The Bertz CT molecular complexity index is 182. The number of nitrogens with one attached hydrogen (secondary N) is 2. The Hall–Kier alpha value is -0.710. The molecule has 0 aliphatic heterocycles. The van der Waals surface area contributed by atoms with E-state index in [0.717, 1.165) is 18.6 Å². The standard InChI is InChI=1S/C8H17N3OS/c1-4-5-6-13-7(9)10-8(12)11(2)3/h4-6H2,1-3H3,(H2,9,10,12). The van der Waals surface area contributed by atoms with Crippen molar-refractivity contribution < 1.29 is 4.79 Å². The van der Waals surface area contributed by atoms with Gasteiger partial charge in [-0.2, -0.15) is 0 Å². The fourth-order valence-electron chi connectivity index (χ4n) is 0.564. The Balaban J connectivity index is 3.56. The van der Waals surface area contributed by atoms with Crippen LogP contribution in [0.5, 0.6) is 0 Å². The second kappa shape index (κ2) is 6.77. The summed E-state index contributed by atoms with van der Waals surface area (Å²) < 4.78 is 0. The molecule has 0 atom stereocenters. The van der Waals surface area contributed by atoms with Crippen molar-refractivity contribution in [2.45, 2.75) is 19.8 Å². The molecule has 0 fully saturated rings. The van der Waals surface area contributed by atoms with Crippen molar-refractivity contribution >= 4 is 23.0 Å². The number of carbonyl (C=O) groups is 1. The van der Waals surface area contributed by atoms with Gasteiger partial charge in [-0.15, -0.1) is 0 Å². The third-order valence-corrected chi connectivity index (χ3v) is 2.25. The van der Waals surface area contributed by atoms with Gasteiger partial charge in [-0.05, 0) is 6.42 Å². The van der Waals surface area contributed by atoms with Crippen LogP contribution in [0.2, 0.25) is 0 Å². The van der Waals surface area contributed by atoms with Gasteiger partial charge in [-0.1, -0.05) is 25.1 Å². The molecule has 2 amide bonds. The van der Waals surface area contributed by atoms with Crippen LogP contribution in [0.15, 0.2) is 0 Å². The number of amides is 2. The summed E-state index contributed by atoms with van der Waals surface area (Å²) in [6.07, 6.45) is 2.19. The number of hydrogen-bond acceptors (Lipinski definition) is 3. The molecular formula is C8H17N3OS. The number of rotatable bonds is 3. The molecule has 0 aliphatic carbocycles. The molecule has 0 aromatic rings. The monoisotopic (exact) mass is 203 g/mol. The van der Waals surface area contributed by atoms with E-state index in [-0.39, 0.29) is 11.2 Å². The molecule has 0 aromatic heterocycles. The van der Waals surface area contributed by atoms with Gasteiger partial charge in [-0.3, -0.25) is 10.7 Å². The van der Waals surface area contributed by atoms with E-state index in [1.807, 2.05) is 0 Å². The Morgan fingerprint density at radius 2 is 2.15 bits per heavy atom. The first-order valence-electron chi connectivity index (χ1n) is 4.27. The van der Waals surface area contributed by atoms with E-state index in [2.05, 4.69) is 12.2 Å². The first kappa shape index (κ1) is 12.3. The highest BCUT2D eigenvalue weighted by atomic mass is 32.2. The van der Waals surface area contributed by atoms with Gasteiger partial charge in [-0.25, -0.2) is 4.79 Å². The van der Waals surface area contributed by atoms with E-state index in [1.54, 1.807) is 14.1 Å². The molecule has 0 saturated carbocycles. The molecule has 0 saturated heterocycles. The molecule has 5 heteroatoms. The van der Waals surface area contributed by atoms with Crippen molar-refractivity contribution in [2.75, 3.05) is 19.8 Å². The maximum Gasteiger partial charge on any atom is 0.322 e. The molecular weight excluding hydrogens is 186 g/mol. The maximum atomic E-state index is 11.0. The summed E-state index contributed by atoms with van der Waals surface area (Å²) in [6.45, 7) is 2.10. The van der Waals surface area contributed by atoms with Gasteiger partial charge in [0, 0.05) is 19.8 Å². The van der Waals surface area contributed by atoms with Gasteiger partial charge in [0.2, 0.25) is 0 Å². The first-order chi connectivity index (χ1) is 6.07. The largest absolute Gasteiger partial charge is 0.331 e. The summed E-state index contributed by atoms with van der Waals surface area (Å²) >= 11 is 1.37. The van der Waals surface area contributed by atoms with Gasteiger partial charge in [0.1, 0.15) is 0 Å². The average Bonchev–Trinajstić information content (AvgIpc) is 2.04. The first-order valence-corrected chi connectivity index (χ1v) is 5.26. The van der Waals surface area contributed by atoms with E-state index < -0.39 is 0 Å². The summed E-state index contributed by atoms with van der Waals surface area (Å²) in [7, 11) is 3.30. The molecule has 13 heavy (non-hydrogen) atoms. The molecule has 0 aromatic carbocycles. The van der Waals surface area contributed by atoms with Crippen LogP contribution in [-0.4, -0.2) is 35.9 Å². The lowest BCUT2D eigenvalue weighted by molar-refractivity contribution is 0.222. The van der Waals surface area contributed by atoms with Crippen LogP contribution in [-0.2, 0) is 0 Å². The minimum Gasteiger partial charge on any atom is -0.331 e. The lowest BCUT2D eigenvalue weighted by atomic mass is 10.4. The number of nitrogens with zero attached hydrogens (tertiary/aromatic N) is 1. The normalized spacial score (nSPS) is 9.46. The lowest BCUT2D eigenvalue weighted by Crippen LogP contribution is -2.37. The zero-order chi connectivity index (χ0) is 10.3. The second-order valence-corrected chi connectivity index (χ2v) is 3.96. The predicted molar refractivity (Wildman–Crippen MR) is 57.3 cm³/mol. The second-order valence-electron chi connectivity index (χ2n) is 2.86. The van der Waals surface area contributed by atoms with Crippen LogP contribution in [0.4, 0.5) is 4.79 Å². The maximum absolute atomic E-state index is 11.0. The van der Waals surface area contributed by atoms with Gasteiger partial charge in [0.25, 0.3) is 0 Å². The summed E-state index contributed by atoms with van der Waals surface area (Å²) in [4.78, 5) is 12.5. The average molecular weight is 203 g/mol. The molecule has 0 aliphatic rings. The van der Waals surface area contributed by atoms with Gasteiger partial charge in [0.15, 0.2) is 5.17 Å². The highest BCUT2D eigenvalue weighted by Crippen LogP contribution is 2.04. The van der Waals surface area contributed by atoms with E-state index in [4.69, 9.17) is 5.41 Å². The molecule has 0 unspecified atom stereocenters. The molecule has 0 spiro atoms. The molecule has 0 radical (unpaired) electrons. The lowest BCUT2D eigenvalue weighted by Gasteiger charge is -2.11. The van der Waals surface area contributed by atoms with Crippen LogP contribution in [0.25, 0.3) is 0 Å². The Kier molecular flexibility index (Phi) is 6.40. The van der Waals surface area contributed by atoms with Crippen LogP contribution in [0.3, 0.4) is 0 Å². The SMILES string of the molecule is CCCCSC(=N)NC(=O)N(C)C. The van der Waals surface area contributed by atoms with Crippen LogP contribution in [0.1, 0.15) is 19.8 Å². The van der Waals surface area contributed by atoms with Crippen molar-refractivity contribution in [3.63, 3.8) is 0 Å². The number of amidine groups is 1. The molecule has 2 N–H and O–H groups in total. The van der Waals surface area contributed by atoms with Crippen LogP contribution in [0, 0.1) is 5.41 Å². The minimum atomic E-state index is -0.242. The topological polar surface area (TPSA) is 56.2 Å². The number of unbranched alkanes of at least 4 members (excludes halogenated alkanes) is 1. The zero-order valence-corrected chi connectivity index (χ0v) is 9.20. The Morgan fingerprint density at radius 1 is 1.54 bits per heavy atom. The fraction of sp³-hybridized carbons (Fsp3) is 0.750. The van der Waals surface area contributed by atoms with Crippen molar-refractivity contribution in [1.82, 2.24) is 10.2 Å². The summed E-state index contributed by atoms with van der Waals surface area (Å²) in [5, 5.41) is 10.1. The van der Waals surface area contributed by atoms with Crippen molar-refractivity contribution in [2.24, 2.45) is 0 Å². The number of urea groups is 1. The third kappa shape index (κ3) is 6.45. The molecule has 0 heterocycles. The summed E-state index contributed by atoms with van der Waals surface area (Å²) in [5.41, 5.74) is 0. The summed E-state index contributed by atoms with van der Waals surface area (Å²) in [5.74, 6) is 0.892. The van der Waals surface area contributed by atoms with Gasteiger partial charge >= 0.3 is 6.03 Å². The Morgan fingerprint density at radius 3 is 2.62 bits per heavy atom. The van der Waals surface area contributed by atoms with Crippen molar-refractivity contribution in [1.29, 1.82) is 5.41 Å². The van der Waals surface area contributed by atoms with E-state index in [9.17, 15) is 4.79 Å². The molecule has 4 nitrogen and oxygen atoms in total. The van der Waals surface area contributed by atoms with Crippen LogP contribution >= 0.6 is 11.8 Å². The highest BCUT2D eigenvalue weighted by Gasteiger charge is 2.05. The quantitative estimate of drug-likeness (QED) is 0.417. The van der Waals surface area contributed by atoms with Crippen LogP contribution < -0.4 is 5.32 Å². The number of thioether (sulfide) groups is 1. The summed E-state index contributed by atoms with van der Waals surface area (Å²) in [6, 6.07) is -0.242. The highest BCUT2D eigenvalue weighted by molar-refractivity contribution is 8.13. The number of carbonyl (C=O) groups excluding carboxylic acids is 1. The van der Waals surface area contributed by atoms with E-state index in [1.165, 1.54) is 16.7 Å². The zero-order valence-electron chi connectivity index (χ0n) is 8.39. The minimum absolute atomic E-state index is 0.229. The van der Waals surface area contributed by atoms with E-state index in [0.29, 0.717) is 0 Å². The molecule has 0 rings (SSSR count). The fourth-order valence-corrected chi connectivity index (χ4v) is 1.36. The van der Waals surface area contributed by atoms with Gasteiger partial charge in [0.05, 0.1) is 0 Å². The molecule has 76 valence electrons. The Labute approximate surface area is 83.6 Å². The van der Waals surface area contributed by atoms with Gasteiger partial charge < -0.3 is 4.90 Å². The number of hydrogen-bond donors (Lipinski definition) is 2. The van der Waals surface area contributed by atoms with E-state index >= 15 is 0 Å². The molecule has 0 bridgehead atoms. The predicted octanol–water partition coefficient (Wildman–Crippen LogP) is 1.73. The van der Waals surface area contributed by atoms with Crippen molar-refractivity contribution in [3.8, 4) is 0 Å². The smallest absolute Gasteiger partial charge is 0.322 e. The third-order valence-electron chi connectivity index (χ3n) is 1.37. The van der Waals surface area contributed by atoms with Crippen molar-refractivity contribution in [3.05, 3.63) is 0 Å².